The normalized spacial score (nSPS) is 15.9. The number of amides is 2. The first-order valence-electron chi connectivity index (χ1n) is 9.54. The van der Waals surface area contributed by atoms with Gasteiger partial charge >= 0.3 is 0 Å². The third-order valence-corrected chi connectivity index (χ3v) is 4.94. The first-order chi connectivity index (χ1) is 13.5. The molecule has 1 aliphatic heterocycles. The van der Waals surface area contributed by atoms with Crippen LogP contribution in [0.4, 0.5) is 4.39 Å². The first kappa shape index (κ1) is 20.0. The fraction of sp³-hybridized carbons (Fsp3) is 0.364. The average molecular weight is 384 g/mol. The van der Waals surface area contributed by atoms with Gasteiger partial charge in [-0.2, -0.15) is 0 Å². The zero-order valence-corrected chi connectivity index (χ0v) is 15.9. The van der Waals surface area contributed by atoms with Crippen LogP contribution in [0.25, 0.3) is 0 Å². The zero-order chi connectivity index (χ0) is 19.9. The van der Waals surface area contributed by atoms with Crippen molar-refractivity contribution in [1.29, 1.82) is 0 Å². The van der Waals surface area contributed by atoms with Crippen LogP contribution in [-0.2, 0) is 16.1 Å². The van der Waals surface area contributed by atoms with Gasteiger partial charge in [-0.1, -0.05) is 42.5 Å². The number of nitrogens with zero attached hydrogens (tertiary/aromatic N) is 1. The highest BCUT2D eigenvalue weighted by Gasteiger charge is 2.27. The molecule has 2 amide bonds. The van der Waals surface area contributed by atoms with Crippen molar-refractivity contribution in [2.24, 2.45) is 0 Å². The molecule has 6 heteroatoms. The number of hydrogen-bond acceptors (Lipinski definition) is 3. The second kappa shape index (κ2) is 9.46. The maximum Gasteiger partial charge on any atom is 0.256 e. The number of halogens is 1. The lowest BCUT2D eigenvalue weighted by atomic mass is 10.0. The minimum absolute atomic E-state index is 0.0139. The molecular weight excluding hydrogens is 359 g/mol. The van der Waals surface area contributed by atoms with Crippen LogP contribution in [0.5, 0.6) is 0 Å². The van der Waals surface area contributed by atoms with Crippen molar-refractivity contribution >= 4 is 11.8 Å². The van der Waals surface area contributed by atoms with Crippen LogP contribution >= 0.6 is 0 Å². The number of piperidine rings is 1. The van der Waals surface area contributed by atoms with Crippen LogP contribution in [-0.4, -0.2) is 41.9 Å². The summed E-state index contributed by atoms with van der Waals surface area (Å²) in [4.78, 5) is 26.4. The summed E-state index contributed by atoms with van der Waals surface area (Å²) in [6.45, 7) is 3.08. The predicted octanol–water partition coefficient (Wildman–Crippen LogP) is 3.15. The van der Waals surface area contributed by atoms with Crippen molar-refractivity contribution in [2.75, 3.05) is 13.1 Å². The Labute approximate surface area is 164 Å². The van der Waals surface area contributed by atoms with E-state index in [1.807, 2.05) is 30.3 Å². The number of rotatable bonds is 6. The van der Waals surface area contributed by atoms with Gasteiger partial charge in [0.25, 0.3) is 5.91 Å². The van der Waals surface area contributed by atoms with Crippen molar-refractivity contribution in [3.63, 3.8) is 0 Å². The molecule has 0 spiro atoms. The molecule has 2 aromatic carbocycles. The quantitative estimate of drug-likeness (QED) is 0.832. The number of ether oxygens (including phenoxy) is 1. The molecule has 5 nitrogen and oxygen atoms in total. The van der Waals surface area contributed by atoms with Gasteiger partial charge in [-0.05, 0) is 37.5 Å². The number of hydrogen-bond donors (Lipinski definition) is 1. The predicted molar refractivity (Wildman–Crippen MR) is 104 cm³/mol. The van der Waals surface area contributed by atoms with Gasteiger partial charge in [0.2, 0.25) is 5.91 Å². The Morgan fingerprint density at radius 2 is 1.75 bits per heavy atom. The van der Waals surface area contributed by atoms with E-state index in [-0.39, 0.29) is 23.4 Å². The molecule has 0 aromatic heterocycles. The molecule has 1 heterocycles. The Hall–Kier alpha value is -2.73. The minimum Gasteiger partial charge on any atom is -0.364 e. The molecule has 0 radical (unpaired) electrons. The molecule has 28 heavy (non-hydrogen) atoms. The molecule has 1 saturated heterocycles. The largest absolute Gasteiger partial charge is 0.364 e. The third-order valence-electron chi connectivity index (χ3n) is 4.94. The average Bonchev–Trinajstić information content (AvgIpc) is 2.73. The number of nitrogens with one attached hydrogen (secondary N) is 1. The minimum atomic E-state index is -0.557. The van der Waals surface area contributed by atoms with Gasteiger partial charge in [0.1, 0.15) is 11.9 Å². The van der Waals surface area contributed by atoms with E-state index in [4.69, 9.17) is 4.74 Å². The van der Waals surface area contributed by atoms with Gasteiger partial charge < -0.3 is 15.0 Å². The maximum absolute atomic E-state index is 13.8. The lowest BCUT2D eigenvalue weighted by Crippen LogP contribution is -2.48. The standard InChI is InChI=1S/C22H25FN2O3/c1-16(28-15-17-7-3-2-4-8-17)21(26)24-18-11-13-25(14-12-18)22(27)19-9-5-6-10-20(19)23/h2-10,16,18H,11-15H2,1H3,(H,24,26)/t16-/m1/s1. The summed E-state index contributed by atoms with van der Waals surface area (Å²) in [5.74, 6) is -0.968. The second-order valence-corrected chi connectivity index (χ2v) is 6.99. The summed E-state index contributed by atoms with van der Waals surface area (Å²) in [5.41, 5.74) is 1.11. The van der Waals surface area contributed by atoms with E-state index in [0.717, 1.165) is 5.56 Å². The summed E-state index contributed by atoms with van der Waals surface area (Å²) in [6.07, 6.45) is 0.715. The smallest absolute Gasteiger partial charge is 0.256 e. The van der Waals surface area contributed by atoms with Crippen molar-refractivity contribution < 1.29 is 18.7 Å². The zero-order valence-electron chi connectivity index (χ0n) is 15.9. The van der Waals surface area contributed by atoms with Crippen molar-refractivity contribution in [3.05, 3.63) is 71.5 Å². The van der Waals surface area contributed by atoms with Gasteiger partial charge in [0.15, 0.2) is 0 Å². The van der Waals surface area contributed by atoms with Crippen LogP contribution in [0, 0.1) is 5.82 Å². The number of carbonyl (C=O) groups is 2. The molecule has 1 fully saturated rings. The van der Waals surface area contributed by atoms with Crippen molar-refractivity contribution in [2.45, 2.75) is 38.5 Å². The number of benzene rings is 2. The summed E-state index contributed by atoms with van der Waals surface area (Å²) >= 11 is 0. The lowest BCUT2D eigenvalue weighted by Gasteiger charge is -2.33. The highest BCUT2D eigenvalue weighted by molar-refractivity contribution is 5.94. The molecular formula is C22H25FN2O3. The monoisotopic (exact) mass is 384 g/mol. The fourth-order valence-corrected chi connectivity index (χ4v) is 3.22. The van der Waals surface area contributed by atoms with Crippen LogP contribution in [0.2, 0.25) is 0 Å². The summed E-state index contributed by atoms with van der Waals surface area (Å²) in [7, 11) is 0. The molecule has 0 bridgehead atoms. The molecule has 0 aliphatic carbocycles. The first-order valence-corrected chi connectivity index (χ1v) is 9.54. The van der Waals surface area contributed by atoms with E-state index in [9.17, 15) is 14.0 Å². The summed E-state index contributed by atoms with van der Waals surface area (Å²) in [5, 5.41) is 2.99. The van der Waals surface area contributed by atoms with E-state index in [0.29, 0.717) is 32.5 Å². The SMILES string of the molecule is C[C@@H](OCc1ccccc1)C(=O)NC1CCN(C(=O)c2ccccc2F)CC1. The van der Waals surface area contributed by atoms with Gasteiger partial charge in [0.05, 0.1) is 12.2 Å². The topological polar surface area (TPSA) is 58.6 Å². The third kappa shape index (κ3) is 5.16. The van der Waals surface area contributed by atoms with E-state index >= 15 is 0 Å². The molecule has 148 valence electrons. The van der Waals surface area contributed by atoms with Gasteiger partial charge in [-0.15, -0.1) is 0 Å². The Balaban J connectivity index is 1.44. The van der Waals surface area contributed by atoms with E-state index in [1.54, 1.807) is 24.0 Å². The highest BCUT2D eigenvalue weighted by Crippen LogP contribution is 2.16. The van der Waals surface area contributed by atoms with Crippen LogP contribution in [0.1, 0.15) is 35.7 Å². The number of likely N-dealkylation sites (tertiary alicyclic amines) is 1. The van der Waals surface area contributed by atoms with Crippen LogP contribution in [0.15, 0.2) is 54.6 Å². The van der Waals surface area contributed by atoms with E-state index in [1.165, 1.54) is 12.1 Å². The van der Waals surface area contributed by atoms with Gasteiger partial charge in [0, 0.05) is 19.1 Å². The Bertz CT molecular complexity index is 804. The van der Waals surface area contributed by atoms with Crippen LogP contribution < -0.4 is 5.32 Å². The highest BCUT2D eigenvalue weighted by atomic mass is 19.1. The van der Waals surface area contributed by atoms with Crippen molar-refractivity contribution in [3.8, 4) is 0 Å². The molecule has 1 atom stereocenters. The molecule has 1 N–H and O–H groups in total. The molecule has 1 aliphatic rings. The summed E-state index contributed by atoms with van der Waals surface area (Å²) < 4.78 is 19.5. The molecule has 0 unspecified atom stereocenters. The van der Waals surface area contributed by atoms with Gasteiger partial charge in [-0.3, -0.25) is 9.59 Å². The van der Waals surface area contributed by atoms with E-state index < -0.39 is 11.9 Å². The second-order valence-electron chi connectivity index (χ2n) is 6.99. The maximum atomic E-state index is 13.8. The number of carbonyl (C=O) groups excluding carboxylic acids is 2. The van der Waals surface area contributed by atoms with Gasteiger partial charge in [-0.25, -0.2) is 4.39 Å². The Morgan fingerprint density at radius 1 is 1.11 bits per heavy atom. The van der Waals surface area contributed by atoms with Crippen molar-refractivity contribution in [1.82, 2.24) is 10.2 Å². The fourth-order valence-electron chi connectivity index (χ4n) is 3.22. The van der Waals surface area contributed by atoms with Crippen LogP contribution in [0.3, 0.4) is 0 Å². The Kier molecular flexibility index (Phi) is 6.76. The molecule has 3 rings (SSSR count). The lowest BCUT2D eigenvalue weighted by molar-refractivity contribution is -0.133. The molecule has 0 saturated carbocycles. The van der Waals surface area contributed by atoms with E-state index in [2.05, 4.69) is 5.32 Å². The Morgan fingerprint density at radius 3 is 2.43 bits per heavy atom. The summed E-state index contributed by atoms with van der Waals surface area (Å²) in [6, 6.07) is 15.7. The molecule has 2 aromatic rings.